The SMILES string of the molecule is CCCC(CCC)C(=O)O[C@H](C)[C@H](NC(=O)OCC1=C/C=C\CC/C=C\1)C(=O)OCc1ccccc1. The van der Waals surface area contributed by atoms with Gasteiger partial charge in [-0.1, -0.05) is 87.4 Å². The van der Waals surface area contributed by atoms with E-state index in [1.54, 1.807) is 6.92 Å². The lowest BCUT2D eigenvalue weighted by Crippen LogP contribution is -2.50. The van der Waals surface area contributed by atoms with Gasteiger partial charge in [0.15, 0.2) is 6.04 Å². The topological polar surface area (TPSA) is 90.9 Å². The van der Waals surface area contributed by atoms with Gasteiger partial charge in [-0.05, 0) is 43.7 Å². The van der Waals surface area contributed by atoms with Gasteiger partial charge >= 0.3 is 18.0 Å². The smallest absolute Gasteiger partial charge is 0.408 e. The van der Waals surface area contributed by atoms with Crippen LogP contribution in [-0.2, 0) is 30.4 Å². The van der Waals surface area contributed by atoms with Gasteiger partial charge in [0.05, 0.1) is 5.92 Å². The third-order valence-electron chi connectivity index (χ3n) is 5.78. The van der Waals surface area contributed by atoms with Crippen LogP contribution in [0.25, 0.3) is 0 Å². The minimum atomic E-state index is -1.21. The van der Waals surface area contributed by atoms with Crippen molar-refractivity contribution in [2.75, 3.05) is 6.61 Å². The van der Waals surface area contributed by atoms with Gasteiger partial charge in [-0.3, -0.25) is 4.79 Å². The molecular weight excluding hydrogens is 458 g/mol. The minimum absolute atomic E-state index is 0.0336. The van der Waals surface area contributed by atoms with Crippen LogP contribution >= 0.6 is 0 Å². The van der Waals surface area contributed by atoms with Crippen molar-refractivity contribution < 1.29 is 28.6 Å². The maximum absolute atomic E-state index is 13.0. The van der Waals surface area contributed by atoms with E-state index in [1.807, 2.05) is 74.6 Å². The van der Waals surface area contributed by atoms with E-state index >= 15 is 0 Å². The number of carbonyl (C=O) groups excluding carboxylic acids is 3. The molecule has 1 aliphatic carbocycles. The van der Waals surface area contributed by atoms with Crippen molar-refractivity contribution in [1.29, 1.82) is 0 Å². The van der Waals surface area contributed by atoms with Crippen molar-refractivity contribution in [2.24, 2.45) is 5.92 Å². The van der Waals surface area contributed by atoms with E-state index in [0.29, 0.717) is 12.8 Å². The summed E-state index contributed by atoms with van der Waals surface area (Å²) in [6.45, 7) is 5.67. The second kappa shape index (κ2) is 16.3. The summed E-state index contributed by atoms with van der Waals surface area (Å²) in [5.74, 6) is -1.33. The van der Waals surface area contributed by atoms with E-state index in [0.717, 1.165) is 36.8 Å². The average molecular weight is 498 g/mol. The Bertz CT molecular complexity index is 915. The molecule has 7 heteroatoms. The van der Waals surface area contributed by atoms with E-state index in [1.165, 1.54) is 0 Å². The number of hydrogen-bond acceptors (Lipinski definition) is 6. The maximum Gasteiger partial charge on any atom is 0.408 e. The predicted octanol–water partition coefficient (Wildman–Crippen LogP) is 5.81. The molecule has 36 heavy (non-hydrogen) atoms. The number of ether oxygens (including phenoxy) is 3. The summed E-state index contributed by atoms with van der Waals surface area (Å²) in [5.41, 5.74) is 1.63. The van der Waals surface area contributed by atoms with Gasteiger partial charge < -0.3 is 19.5 Å². The molecule has 2 rings (SSSR count). The van der Waals surface area contributed by atoms with Crippen LogP contribution in [0.1, 0.15) is 64.9 Å². The molecule has 1 amide bonds. The van der Waals surface area contributed by atoms with Gasteiger partial charge in [-0.2, -0.15) is 0 Å². The molecular formula is C29H39NO6. The zero-order chi connectivity index (χ0) is 26.2. The van der Waals surface area contributed by atoms with Gasteiger partial charge in [0.1, 0.15) is 19.3 Å². The molecule has 196 valence electrons. The average Bonchev–Trinajstić information content (AvgIpc) is 2.85. The third-order valence-corrected chi connectivity index (χ3v) is 5.78. The van der Waals surface area contributed by atoms with Gasteiger partial charge in [0.2, 0.25) is 0 Å². The van der Waals surface area contributed by atoms with Gasteiger partial charge in [-0.25, -0.2) is 9.59 Å². The summed E-state index contributed by atoms with van der Waals surface area (Å²) < 4.78 is 16.4. The van der Waals surface area contributed by atoms with E-state index < -0.39 is 24.2 Å². The number of esters is 2. The Morgan fingerprint density at radius 1 is 0.917 bits per heavy atom. The molecule has 0 heterocycles. The lowest BCUT2D eigenvalue weighted by molar-refractivity contribution is -0.161. The molecule has 0 fully saturated rings. The lowest BCUT2D eigenvalue weighted by atomic mass is 9.98. The minimum Gasteiger partial charge on any atom is -0.460 e. The third kappa shape index (κ3) is 10.5. The van der Waals surface area contributed by atoms with Crippen molar-refractivity contribution in [2.45, 2.75) is 78.0 Å². The van der Waals surface area contributed by atoms with Crippen LogP contribution in [0, 0.1) is 5.92 Å². The van der Waals surface area contributed by atoms with Crippen LogP contribution in [0.5, 0.6) is 0 Å². The number of carbonyl (C=O) groups is 3. The zero-order valence-corrected chi connectivity index (χ0v) is 21.6. The van der Waals surface area contributed by atoms with Crippen LogP contribution in [-0.4, -0.2) is 36.8 Å². The van der Waals surface area contributed by atoms with Crippen LogP contribution in [0.4, 0.5) is 4.79 Å². The number of nitrogens with one attached hydrogen (secondary N) is 1. The Morgan fingerprint density at radius 3 is 2.31 bits per heavy atom. The van der Waals surface area contributed by atoms with Crippen LogP contribution < -0.4 is 5.32 Å². The van der Waals surface area contributed by atoms with Crippen molar-refractivity contribution in [3.63, 3.8) is 0 Å². The largest absolute Gasteiger partial charge is 0.460 e. The summed E-state index contributed by atoms with van der Waals surface area (Å²) in [4.78, 5) is 38.4. The fourth-order valence-corrected chi connectivity index (χ4v) is 3.80. The number of rotatable bonds is 13. The molecule has 1 aliphatic rings. The summed E-state index contributed by atoms with van der Waals surface area (Å²) in [5, 5.41) is 2.55. The zero-order valence-electron chi connectivity index (χ0n) is 21.6. The summed E-state index contributed by atoms with van der Waals surface area (Å²) >= 11 is 0. The van der Waals surface area contributed by atoms with E-state index in [9.17, 15) is 14.4 Å². The molecule has 2 atom stereocenters. The van der Waals surface area contributed by atoms with Crippen molar-refractivity contribution in [1.82, 2.24) is 5.32 Å². The number of alkyl carbamates (subject to hydrolysis) is 1. The highest BCUT2D eigenvalue weighted by Crippen LogP contribution is 2.18. The van der Waals surface area contributed by atoms with Crippen molar-refractivity contribution in [3.05, 3.63) is 71.8 Å². The van der Waals surface area contributed by atoms with Crippen molar-refractivity contribution >= 4 is 18.0 Å². The predicted molar refractivity (Wildman–Crippen MR) is 139 cm³/mol. The molecule has 1 aromatic rings. The van der Waals surface area contributed by atoms with Gasteiger partial charge in [-0.15, -0.1) is 0 Å². The monoisotopic (exact) mass is 497 g/mol. The number of hydrogen-bond donors (Lipinski definition) is 1. The molecule has 0 radical (unpaired) electrons. The Morgan fingerprint density at radius 2 is 1.61 bits per heavy atom. The highest BCUT2D eigenvalue weighted by molar-refractivity contribution is 5.82. The molecule has 7 nitrogen and oxygen atoms in total. The standard InChI is InChI=1S/C29H39NO6/c1-4-14-25(15-5-2)27(31)36-22(3)26(28(32)34-20-23-18-12-9-13-19-23)30-29(33)35-21-24-16-10-7-6-8-11-17-24/h7,9-13,16-19,22,25-26H,4-6,8,14-15,20-21H2,1-3H3,(H,30,33)/b10-7-,17-11-,24-16+/t22-,26+/m1/s1. The highest BCUT2D eigenvalue weighted by Gasteiger charge is 2.33. The van der Waals surface area contributed by atoms with E-state index in [-0.39, 0.29) is 25.1 Å². The lowest BCUT2D eigenvalue weighted by Gasteiger charge is -2.25. The van der Waals surface area contributed by atoms with E-state index in [2.05, 4.69) is 5.32 Å². The number of amides is 1. The van der Waals surface area contributed by atoms with Gasteiger partial charge in [0, 0.05) is 0 Å². The Labute approximate surface area is 214 Å². The Hall–Kier alpha value is -3.35. The molecule has 0 bridgehead atoms. The Kier molecular flexibility index (Phi) is 13.1. The second-order valence-corrected chi connectivity index (χ2v) is 8.86. The fraction of sp³-hybridized carbons (Fsp3) is 0.483. The molecule has 0 spiro atoms. The number of benzene rings is 1. The molecule has 1 aromatic carbocycles. The summed E-state index contributed by atoms with van der Waals surface area (Å²) in [6, 6.07) is 8.01. The molecule has 0 aromatic heterocycles. The molecule has 1 N–H and O–H groups in total. The maximum atomic E-state index is 13.0. The fourth-order valence-electron chi connectivity index (χ4n) is 3.80. The van der Waals surface area contributed by atoms with Crippen LogP contribution in [0.3, 0.4) is 0 Å². The highest BCUT2D eigenvalue weighted by atomic mass is 16.6. The van der Waals surface area contributed by atoms with Crippen LogP contribution in [0.15, 0.2) is 66.3 Å². The molecule has 0 saturated carbocycles. The molecule has 0 aliphatic heterocycles. The Balaban J connectivity index is 2.06. The van der Waals surface area contributed by atoms with Gasteiger partial charge in [0.25, 0.3) is 0 Å². The first kappa shape index (κ1) is 28.9. The first-order valence-corrected chi connectivity index (χ1v) is 12.8. The quantitative estimate of drug-likeness (QED) is 0.273. The summed E-state index contributed by atoms with van der Waals surface area (Å²) in [6.07, 6.45) is 13.0. The number of allylic oxidation sites excluding steroid dienone is 4. The summed E-state index contributed by atoms with van der Waals surface area (Å²) in [7, 11) is 0. The van der Waals surface area contributed by atoms with Crippen molar-refractivity contribution in [3.8, 4) is 0 Å². The van der Waals surface area contributed by atoms with E-state index in [4.69, 9.17) is 14.2 Å². The first-order valence-electron chi connectivity index (χ1n) is 12.8. The first-order chi connectivity index (χ1) is 17.4. The molecule has 0 saturated heterocycles. The second-order valence-electron chi connectivity index (χ2n) is 8.86. The van der Waals surface area contributed by atoms with Crippen LogP contribution in [0.2, 0.25) is 0 Å². The normalized spacial score (nSPS) is 17.9. The molecule has 0 unspecified atom stereocenters.